The lowest BCUT2D eigenvalue weighted by Crippen LogP contribution is -2.65. The average molecular weight is 493 g/mol. The van der Waals surface area contributed by atoms with E-state index in [0.29, 0.717) is 23.9 Å². The highest BCUT2D eigenvalue weighted by Gasteiger charge is 2.55. The molecule has 3 aromatic rings. The SMILES string of the molecule is Cc1nn2cc(C3CC3)cnc2c1C(=O)N[C@@]1(c2ncc(C(F)(F)F)cc2F)CCOC[C@@]1(C)O. The van der Waals surface area contributed by atoms with Crippen LogP contribution in [0, 0.1) is 12.7 Å². The molecule has 1 saturated heterocycles. The molecular weight excluding hydrogens is 470 g/mol. The maximum atomic E-state index is 15.1. The standard InChI is InChI=1S/C23H23F4N5O3/c1-12-17(19-29-8-14(13-3-4-13)10-32(19)31-12)20(33)30-22(5-6-35-11-21(22,2)34)18-16(24)7-15(9-28-18)23(25,26)27/h7-10,13,34H,3-6,11H2,1-2H3,(H,30,33)/t21-,22-/m1/s1. The number of aromatic nitrogens is 4. The van der Waals surface area contributed by atoms with Crippen LogP contribution in [-0.4, -0.2) is 49.4 Å². The van der Waals surface area contributed by atoms with Crippen LogP contribution in [0.25, 0.3) is 5.65 Å². The predicted octanol–water partition coefficient (Wildman–Crippen LogP) is 3.26. The molecule has 0 aromatic carbocycles. The first-order valence-electron chi connectivity index (χ1n) is 11.1. The van der Waals surface area contributed by atoms with Gasteiger partial charge in [0, 0.05) is 31.6 Å². The number of nitrogens with zero attached hydrogens (tertiary/aromatic N) is 4. The van der Waals surface area contributed by atoms with Crippen LogP contribution in [0.15, 0.2) is 24.7 Å². The lowest BCUT2D eigenvalue weighted by molar-refractivity contribution is -0.142. The van der Waals surface area contributed by atoms with Crippen molar-refractivity contribution in [3.63, 3.8) is 0 Å². The lowest BCUT2D eigenvalue weighted by Gasteiger charge is -2.48. The Balaban J connectivity index is 1.58. The highest BCUT2D eigenvalue weighted by atomic mass is 19.4. The molecule has 2 aliphatic rings. The Kier molecular flexibility index (Phi) is 5.37. The summed E-state index contributed by atoms with van der Waals surface area (Å²) >= 11 is 0. The van der Waals surface area contributed by atoms with Crippen molar-refractivity contribution in [1.29, 1.82) is 0 Å². The Morgan fingerprint density at radius 1 is 1.29 bits per heavy atom. The molecule has 0 spiro atoms. The molecule has 4 heterocycles. The van der Waals surface area contributed by atoms with Crippen LogP contribution in [0.4, 0.5) is 17.6 Å². The first kappa shape index (κ1) is 23.6. The number of aryl methyl sites for hydroxylation is 1. The van der Waals surface area contributed by atoms with Gasteiger partial charge in [-0.05, 0) is 44.2 Å². The number of pyridine rings is 1. The van der Waals surface area contributed by atoms with Crippen molar-refractivity contribution in [3.05, 3.63) is 58.6 Å². The van der Waals surface area contributed by atoms with Gasteiger partial charge < -0.3 is 15.2 Å². The summed E-state index contributed by atoms with van der Waals surface area (Å²) in [4.78, 5) is 21.7. The van der Waals surface area contributed by atoms with Gasteiger partial charge in [0.25, 0.3) is 5.91 Å². The molecule has 3 aromatic heterocycles. The van der Waals surface area contributed by atoms with Crippen molar-refractivity contribution in [3.8, 4) is 0 Å². The summed E-state index contributed by atoms with van der Waals surface area (Å²) in [6.45, 7) is 2.64. The smallest absolute Gasteiger partial charge is 0.385 e. The highest BCUT2D eigenvalue weighted by Crippen LogP contribution is 2.42. The molecule has 12 heteroatoms. The van der Waals surface area contributed by atoms with Crippen molar-refractivity contribution in [2.45, 2.75) is 56.3 Å². The maximum Gasteiger partial charge on any atom is 0.417 e. The van der Waals surface area contributed by atoms with Crippen LogP contribution in [0.3, 0.4) is 0 Å². The molecule has 2 fully saturated rings. The van der Waals surface area contributed by atoms with E-state index < -0.39 is 40.3 Å². The molecule has 1 aliphatic heterocycles. The van der Waals surface area contributed by atoms with E-state index in [0.717, 1.165) is 18.4 Å². The Labute approximate surface area is 197 Å². The van der Waals surface area contributed by atoms with Gasteiger partial charge in [0.05, 0.1) is 17.9 Å². The normalized spacial score (nSPS) is 25.1. The number of halogens is 4. The van der Waals surface area contributed by atoms with E-state index in [9.17, 15) is 23.1 Å². The van der Waals surface area contributed by atoms with Crippen LogP contribution >= 0.6 is 0 Å². The molecule has 35 heavy (non-hydrogen) atoms. The Hall–Kier alpha value is -3.12. The number of hydrogen-bond donors (Lipinski definition) is 2. The van der Waals surface area contributed by atoms with E-state index in [1.807, 2.05) is 0 Å². The molecule has 2 N–H and O–H groups in total. The number of alkyl halides is 3. The third-order valence-electron chi connectivity index (χ3n) is 6.77. The first-order chi connectivity index (χ1) is 16.4. The molecule has 1 aliphatic carbocycles. The number of carbonyl (C=O) groups is 1. The summed E-state index contributed by atoms with van der Waals surface area (Å²) in [7, 11) is 0. The highest BCUT2D eigenvalue weighted by molar-refractivity contribution is 6.01. The second-order valence-electron chi connectivity index (χ2n) is 9.38. The van der Waals surface area contributed by atoms with E-state index in [2.05, 4.69) is 20.4 Å². The van der Waals surface area contributed by atoms with Crippen LogP contribution in [0.5, 0.6) is 0 Å². The van der Waals surface area contributed by atoms with Gasteiger partial charge in [-0.2, -0.15) is 18.3 Å². The fraction of sp³-hybridized carbons (Fsp3) is 0.478. The van der Waals surface area contributed by atoms with Gasteiger partial charge in [0.2, 0.25) is 0 Å². The van der Waals surface area contributed by atoms with Gasteiger partial charge in [0.1, 0.15) is 28.2 Å². The van der Waals surface area contributed by atoms with Crippen molar-refractivity contribution in [2.24, 2.45) is 0 Å². The van der Waals surface area contributed by atoms with E-state index in [1.165, 1.54) is 11.4 Å². The second kappa shape index (κ2) is 7.95. The average Bonchev–Trinajstić information content (AvgIpc) is 3.56. The molecule has 2 atom stereocenters. The topological polar surface area (TPSA) is 102 Å². The zero-order valence-corrected chi connectivity index (χ0v) is 19.0. The Bertz CT molecular complexity index is 1320. The summed E-state index contributed by atoms with van der Waals surface area (Å²) in [5.74, 6) is -1.60. The molecule has 0 unspecified atom stereocenters. The van der Waals surface area contributed by atoms with Crippen LogP contribution < -0.4 is 5.32 Å². The minimum absolute atomic E-state index is 0.00924. The number of fused-ring (bicyclic) bond motifs is 1. The summed E-state index contributed by atoms with van der Waals surface area (Å²) in [6.07, 6.45) is 1.17. The number of rotatable bonds is 4. The van der Waals surface area contributed by atoms with Crippen molar-refractivity contribution in [2.75, 3.05) is 13.2 Å². The molecular formula is C23H23F4N5O3. The van der Waals surface area contributed by atoms with Gasteiger partial charge in [-0.15, -0.1) is 0 Å². The predicted molar refractivity (Wildman–Crippen MR) is 114 cm³/mol. The molecule has 0 radical (unpaired) electrons. The molecule has 1 amide bonds. The van der Waals surface area contributed by atoms with Gasteiger partial charge >= 0.3 is 6.18 Å². The van der Waals surface area contributed by atoms with Gasteiger partial charge in [-0.25, -0.2) is 13.9 Å². The van der Waals surface area contributed by atoms with E-state index in [4.69, 9.17) is 4.74 Å². The summed E-state index contributed by atoms with van der Waals surface area (Å²) < 4.78 is 61.2. The van der Waals surface area contributed by atoms with Crippen LogP contribution in [-0.2, 0) is 16.5 Å². The lowest BCUT2D eigenvalue weighted by atomic mass is 9.74. The summed E-state index contributed by atoms with van der Waals surface area (Å²) in [6, 6.07) is 0.309. The Morgan fingerprint density at radius 3 is 2.66 bits per heavy atom. The molecule has 5 rings (SSSR count). The largest absolute Gasteiger partial charge is 0.417 e. The van der Waals surface area contributed by atoms with Crippen molar-refractivity contribution < 1.29 is 32.2 Å². The number of aliphatic hydroxyl groups is 1. The fourth-order valence-electron chi connectivity index (χ4n) is 4.63. The third kappa shape index (κ3) is 3.94. The minimum atomic E-state index is -4.81. The van der Waals surface area contributed by atoms with Crippen molar-refractivity contribution in [1.82, 2.24) is 24.9 Å². The third-order valence-corrected chi connectivity index (χ3v) is 6.77. The van der Waals surface area contributed by atoms with E-state index >= 15 is 4.39 Å². The first-order valence-corrected chi connectivity index (χ1v) is 11.1. The number of nitrogens with one attached hydrogen (secondary N) is 1. The van der Waals surface area contributed by atoms with Crippen molar-refractivity contribution >= 4 is 11.6 Å². The molecule has 0 bridgehead atoms. The van der Waals surface area contributed by atoms with Gasteiger partial charge in [-0.1, -0.05) is 0 Å². The van der Waals surface area contributed by atoms with Gasteiger partial charge in [-0.3, -0.25) is 9.78 Å². The van der Waals surface area contributed by atoms with Crippen LogP contribution in [0.1, 0.15) is 65.0 Å². The summed E-state index contributed by atoms with van der Waals surface area (Å²) in [5, 5.41) is 18.3. The fourth-order valence-corrected chi connectivity index (χ4v) is 4.63. The number of hydrogen-bond acceptors (Lipinski definition) is 6. The molecule has 1 saturated carbocycles. The van der Waals surface area contributed by atoms with E-state index in [-0.39, 0.29) is 30.8 Å². The zero-order valence-electron chi connectivity index (χ0n) is 19.0. The second-order valence-corrected chi connectivity index (χ2v) is 9.38. The minimum Gasteiger partial charge on any atom is -0.385 e. The maximum absolute atomic E-state index is 15.1. The molecule has 186 valence electrons. The Morgan fingerprint density at radius 2 is 2.03 bits per heavy atom. The number of ether oxygens (including phenoxy) is 1. The molecule has 8 nitrogen and oxygen atoms in total. The monoisotopic (exact) mass is 493 g/mol. The zero-order chi connectivity index (χ0) is 25.2. The quantitative estimate of drug-likeness (QED) is 0.541. The summed E-state index contributed by atoms with van der Waals surface area (Å²) in [5.41, 5.74) is -3.81. The number of amides is 1. The number of carbonyl (C=O) groups excluding carboxylic acids is 1. The van der Waals surface area contributed by atoms with E-state index in [1.54, 1.807) is 19.3 Å². The van der Waals surface area contributed by atoms with Gasteiger partial charge in [0.15, 0.2) is 5.65 Å². The van der Waals surface area contributed by atoms with Crippen LogP contribution in [0.2, 0.25) is 0 Å².